The van der Waals surface area contributed by atoms with E-state index in [2.05, 4.69) is 0 Å². The highest BCUT2D eigenvalue weighted by Gasteiger charge is 2.07. The fourth-order valence-corrected chi connectivity index (χ4v) is 1.32. The first kappa shape index (κ1) is 8.41. The van der Waals surface area contributed by atoms with E-state index in [-0.39, 0.29) is 5.75 Å². The van der Waals surface area contributed by atoms with Crippen LogP contribution in [0.2, 0.25) is 5.02 Å². The molecule has 0 aliphatic carbocycles. The van der Waals surface area contributed by atoms with Gasteiger partial charge in [0, 0.05) is 0 Å². The lowest BCUT2D eigenvalue weighted by Gasteiger charge is -2.07. The molecule has 0 aliphatic rings. The second-order valence-electron chi connectivity index (χ2n) is 2.80. The van der Waals surface area contributed by atoms with E-state index in [1.54, 1.807) is 0 Å². The molecule has 1 N–H and O–H groups in total. The number of aryl methyl sites for hydroxylation is 2. The third-order valence-corrected chi connectivity index (χ3v) is 2.40. The van der Waals surface area contributed by atoms with Gasteiger partial charge in [-0.15, -0.1) is 0 Å². The smallest absolute Gasteiger partial charge is 0.137 e. The second-order valence-corrected chi connectivity index (χ2v) is 3.18. The summed E-state index contributed by atoms with van der Waals surface area (Å²) >= 11 is 5.84. The Kier molecular flexibility index (Phi) is 2.10. The molecule has 0 radical (unpaired) electrons. The van der Waals surface area contributed by atoms with E-state index in [1.165, 1.54) is 0 Å². The summed E-state index contributed by atoms with van der Waals surface area (Å²) in [6.45, 7) is 5.72. The van der Waals surface area contributed by atoms with Crippen molar-refractivity contribution in [3.8, 4) is 5.75 Å². The molecule has 1 aromatic carbocycles. The van der Waals surface area contributed by atoms with Crippen LogP contribution in [0.3, 0.4) is 0 Å². The topological polar surface area (TPSA) is 20.2 Å². The number of phenols is 1. The van der Waals surface area contributed by atoms with Crippen molar-refractivity contribution in [1.82, 2.24) is 0 Å². The predicted octanol–water partition coefficient (Wildman–Crippen LogP) is 2.97. The molecule has 0 amide bonds. The molecule has 0 bridgehead atoms. The predicted molar refractivity (Wildman–Crippen MR) is 47.3 cm³/mol. The number of phenolic OH excluding ortho intramolecular Hbond substituents is 1. The van der Waals surface area contributed by atoms with E-state index < -0.39 is 0 Å². The maximum atomic E-state index is 9.38. The number of halogens is 1. The SMILES string of the molecule is Cc1cc(C)c(O)c(Cl)c1C. The van der Waals surface area contributed by atoms with Gasteiger partial charge in [-0.1, -0.05) is 17.7 Å². The van der Waals surface area contributed by atoms with Crippen molar-refractivity contribution in [3.63, 3.8) is 0 Å². The van der Waals surface area contributed by atoms with Crippen molar-refractivity contribution in [1.29, 1.82) is 0 Å². The standard InChI is InChI=1S/C9H11ClO/c1-5-4-6(2)9(11)8(10)7(5)3/h4,11H,1-3H3. The molecule has 11 heavy (non-hydrogen) atoms. The summed E-state index contributed by atoms with van der Waals surface area (Å²) in [5, 5.41) is 9.85. The first-order valence-corrected chi connectivity index (χ1v) is 3.87. The fourth-order valence-electron chi connectivity index (χ4n) is 1.03. The zero-order valence-corrected chi connectivity index (χ0v) is 7.66. The largest absolute Gasteiger partial charge is 0.506 e. The van der Waals surface area contributed by atoms with Gasteiger partial charge in [0.05, 0.1) is 5.02 Å². The number of rotatable bonds is 0. The van der Waals surface area contributed by atoms with Crippen LogP contribution in [0.15, 0.2) is 6.07 Å². The normalized spacial score (nSPS) is 10.2. The van der Waals surface area contributed by atoms with Gasteiger partial charge < -0.3 is 5.11 Å². The molecule has 0 atom stereocenters. The Labute approximate surface area is 71.6 Å². The van der Waals surface area contributed by atoms with Crippen molar-refractivity contribution < 1.29 is 5.11 Å². The maximum absolute atomic E-state index is 9.38. The molecule has 1 aromatic rings. The van der Waals surface area contributed by atoms with Crippen LogP contribution in [0.25, 0.3) is 0 Å². The van der Waals surface area contributed by atoms with Gasteiger partial charge in [0.25, 0.3) is 0 Å². The molecule has 1 rings (SSSR count). The van der Waals surface area contributed by atoms with Gasteiger partial charge >= 0.3 is 0 Å². The number of benzene rings is 1. The Balaban J connectivity index is 3.46. The van der Waals surface area contributed by atoms with E-state index >= 15 is 0 Å². The van der Waals surface area contributed by atoms with Crippen LogP contribution in [0, 0.1) is 20.8 Å². The summed E-state index contributed by atoms with van der Waals surface area (Å²) < 4.78 is 0. The highest BCUT2D eigenvalue weighted by Crippen LogP contribution is 2.31. The van der Waals surface area contributed by atoms with Crippen molar-refractivity contribution in [3.05, 3.63) is 27.8 Å². The molecule has 0 saturated heterocycles. The number of aromatic hydroxyl groups is 1. The van der Waals surface area contributed by atoms with Gasteiger partial charge in [0.1, 0.15) is 5.75 Å². The quantitative estimate of drug-likeness (QED) is 0.635. The molecule has 2 heteroatoms. The molecule has 0 saturated carbocycles. The number of hydrogen-bond acceptors (Lipinski definition) is 1. The molecular weight excluding hydrogens is 160 g/mol. The Morgan fingerprint density at radius 3 is 2.27 bits per heavy atom. The maximum Gasteiger partial charge on any atom is 0.137 e. The Bertz CT molecular complexity index is 266. The summed E-state index contributed by atoms with van der Waals surface area (Å²) in [6, 6.07) is 1.93. The lowest BCUT2D eigenvalue weighted by Crippen LogP contribution is -1.85. The summed E-state index contributed by atoms with van der Waals surface area (Å²) in [6.07, 6.45) is 0. The third-order valence-electron chi connectivity index (χ3n) is 1.94. The van der Waals surface area contributed by atoms with Crippen molar-refractivity contribution in [2.75, 3.05) is 0 Å². The molecule has 1 nitrogen and oxygen atoms in total. The summed E-state index contributed by atoms with van der Waals surface area (Å²) in [4.78, 5) is 0. The van der Waals surface area contributed by atoms with Crippen LogP contribution in [0.1, 0.15) is 16.7 Å². The van der Waals surface area contributed by atoms with E-state index in [9.17, 15) is 5.11 Å². The van der Waals surface area contributed by atoms with Crippen LogP contribution in [-0.2, 0) is 0 Å². The molecule has 0 fully saturated rings. The van der Waals surface area contributed by atoms with Crippen LogP contribution < -0.4 is 0 Å². The Morgan fingerprint density at radius 2 is 1.73 bits per heavy atom. The molecular formula is C9H11ClO. The van der Waals surface area contributed by atoms with Gasteiger partial charge in [0.15, 0.2) is 0 Å². The summed E-state index contributed by atoms with van der Waals surface area (Å²) in [7, 11) is 0. The minimum atomic E-state index is 0.203. The molecule has 60 valence electrons. The molecule has 0 aliphatic heterocycles. The monoisotopic (exact) mass is 170 g/mol. The van der Waals surface area contributed by atoms with Crippen LogP contribution in [0.4, 0.5) is 0 Å². The first-order chi connectivity index (χ1) is 5.04. The molecule has 0 aromatic heterocycles. The molecule has 0 heterocycles. The average Bonchev–Trinajstić information content (AvgIpc) is 1.97. The summed E-state index contributed by atoms with van der Waals surface area (Å²) in [5.74, 6) is 0.203. The average molecular weight is 171 g/mol. The Hall–Kier alpha value is -0.690. The minimum Gasteiger partial charge on any atom is -0.506 e. The van der Waals surface area contributed by atoms with Crippen LogP contribution in [0.5, 0.6) is 5.75 Å². The highest BCUT2D eigenvalue weighted by atomic mass is 35.5. The van der Waals surface area contributed by atoms with Gasteiger partial charge in [0.2, 0.25) is 0 Å². The van der Waals surface area contributed by atoms with Gasteiger partial charge in [-0.05, 0) is 37.5 Å². The Morgan fingerprint density at radius 1 is 1.18 bits per heavy atom. The number of hydrogen-bond donors (Lipinski definition) is 1. The van der Waals surface area contributed by atoms with Crippen LogP contribution in [-0.4, -0.2) is 5.11 Å². The van der Waals surface area contributed by atoms with E-state index in [0.29, 0.717) is 5.02 Å². The minimum absolute atomic E-state index is 0.203. The highest BCUT2D eigenvalue weighted by molar-refractivity contribution is 6.33. The van der Waals surface area contributed by atoms with Crippen molar-refractivity contribution >= 4 is 11.6 Å². The van der Waals surface area contributed by atoms with E-state index in [4.69, 9.17) is 11.6 Å². The van der Waals surface area contributed by atoms with Crippen molar-refractivity contribution in [2.45, 2.75) is 20.8 Å². The van der Waals surface area contributed by atoms with Gasteiger partial charge in [-0.3, -0.25) is 0 Å². The zero-order valence-electron chi connectivity index (χ0n) is 6.90. The van der Waals surface area contributed by atoms with Crippen molar-refractivity contribution in [2.24, 2.45) is 0 Å². The lowest BCUT2D eigenvalue weighted by atomic mass is 10.1. The second kappa shape index (κ2) is 2.74. The summed E-state index contributed by atoms with van der Waals surface area (Å²) in [5.41, 5.74) is 2.90. The molecule has 0 spiro atoms. The third kappa shape index (κ3) is 1.33. The van der Waals surface area contributed by atoms with E-state index in [1.807, 2.05) is 26.8 Å². The lowest BCUT2D eigenvalue weighted by molar-refractivity contribution is 0.471. The van der Waals surface area contributed by atoms with E-state index in [0.717, 1.165) is 16.7 Å². The van der Waals surface area contributed by atoms with Crippen LogP contribution >= 0.6 is 11.6 Å². The first-order valence-electron chi connectivity index (χ1n) is 3.49. The van der Waals surface area contributed by atoms with Gasteiger partial charge in [-0.25, -0.2) is 0 Å². The zero-order chi connectivity index (χ0) is 8.59. The molecule has 0 unspecified atom stereocenters. The fraction of sp³-hybridized carbons (Fsp3) is 0.333. The van der Waals surface area contributed by atoms with Gasteiger partial charge in [-0.2, -0.15) is 0 Å².